The average molecular weight is 197 g/mol. The summed E-state index contributed by atoms with van der Waals surface area (Å²) in [5.74, 6) is 0. The number of hydrogen-bond acceptors (Lipinski definition) is 3. The summed E-state index contributed by atoms with van der Waals surface area (Å²) in [5, 5.41) is 0. The predicted molar refractivity (Wildman–Crippen MR) is 19.9 cm³/mol. The summed E-state index contributed by atoms with van der Waals surface area (Å²) >= 11 is 3.58. The monoisotopic (exact) mass is 196 g/mol. The summed E-state index contributed by atoms with van der Waals surface area (Å²) in [6, 6.07) is 0. The third kappa shape index (κ3) is 10.8. The van der Waals surface area contributed by atoms with Crippen molar-refractivity contribution in [1.29, 1.82) is 0 Å². The van der Waals surface area contributed by atoms with E-state index in [1.54, 1.807) is 0 Å². The molecule has 0 unspecified atom stereocenters. The van der Waals surface area contributed by atoms with Gasteiger partial charge in [0.1, 0.15) is 0 Å². The molecule has 0 aromatic carbocycles. The van der Waals surface area contributed by atoms with Crippen LogP contribution in [0.5, 0.6) is 0 Å². The van der Waals surface area contributed by atoms with E-state index in [1.165, 1.54) is 0 Å². The maximum atomic E-state index is 9.22. The Hall–Kier alpha value is 0.679. The minimum absolute atomic E-state index is 0. The van der Waals surface area contributed by atoms with Gasteiger partial charge in [-0.3, -0.25) is 0 Å². The van der Waals surface area contributed by atoms with Crippen LogP contribution >= 0.6 is 12.4 Å². The van der Waals surface area contributed by atoms with Crippen molar-refractivity contribution in [2.24, 2.45) is 0 Å². The minimum atomic E-state index is -4.36. The first-order valence-electron chi connectivity index (χ1n) is 0.806. The first-order valence-corrected chi connectivity index (χ1v) is 2.56. The molecule has 0 saturated carbocycles. The molecule has 0 aliphatic heterocycles. The van der Waals surface area contributed by atoms with Gasteiger partial charge in [0.25, 0.3) is 0 Å². The summed E-state index contributed by atoms with van der Waals surface area (Å²) in [5.41, 5.74) is 0. The molecule has 0 spiro atoms. The average Bonchev–Trinajstić information content (AvgIpc) is 1.35. The Morgan fingerprint density at radius 1 is 1.57 bits per heavy atom. The fraction of sp³-hybridized carbons (Fsp3) is 0. The van der Waals surface area contributed by atoms with Gasteiger partial charge in [0, 0.05) is 0 Å². The number of rotatable bonds is 1. The number of hydrogen-bond donors (Lipinski definition) is 1. The van der Waals surface area contributed by atoms with Crippen molar-refractivity contribution in [1.82, 2.24) is 0 Å². The predicted octanol–water partition coefficient (Wildman–Crippen LogP) is -0.311. The second-order valence-corrected chi connectivity index (χ2v) is 1.90. The van der Waals surface area contributed by atoms with Gasteiger partial charge in [-0.05, 0) is 0 Å². The molecule has 0 bridgehead atoms. The van der Waals surface area contributed by atoms with Crippen molar-refractivity contribution >= 4 is 22.8 Å². The van der Waals surface area contributed by atoms with Crippen LogP contribution in [0.3, 0.4) is 0 Å². The van der Waals surface area contributed by atoms with Gasteiger partial charge < -0.3 is 0 Å². The molecule has 0 aromatic heterocycles. The van der Waals surface area contributed by atoms with E-state index >= 15 is 0 Å². The first-order chi connectivity index (χ1) is 2.56. The molecule has 0 aromatic rings. The molecule has 0 atom stereocenters. The van der Waals surface area contributed by atoms with Crippen LogP contribution in [-0.2, 0) is 30.0 Å². The molecule has 7 heteroatoms. The van der Waals surface area contributed by atoms with Crippen molar-refractivity contribution in [2.45, 2.75) is 0 Å². The van der Waals surface area contributed by atoms with Gasteiger partial charge in [0.05, 0.1) is 0 Å². The fourth-order valence-corrected chi connectivity index (χ4v) is 0. The van der Waals surface area contributed by atoms with E-state index in [-0.39, 0.29) is 12.4 Å². The van der Waals surface area contributed by atoms with Crippen LogP contribution in [-0.4, -0.2) is 13.0 Å². The fourth-order valence-electron chi connectivity index (χ4n) is 0. The van der Waals surface area contributed by atoms with Crippen molar-refractivity contribution in [3.63, 3.8) is 0 Å². The zero-order valence-electron chi connectivity index (χ0n) is 2.79. The molecule has 7 heavy (non-hydrogen) atoms. The van der Waals surface area contributed by atoms with E-state index in [9.17, 15) is 8.42 Å². The molecule has 0 saturated heterocycles. The molecule has 0 aliphatic carbocycles. The van der Waals surface area contributed by atoms with Crippen LogP contribution in [0.2, 0.25) is 0 Å². The van der Waals surface area contributed by atoms with Gasteiger partial charge in [-0.1, -0.05) is 0 Å². The van der Waals surface area contributed by atoms with Gasteiger partial charge >= 0.3 is 43.0 Å². The Morgan fingerprint density at radius 2 is 1.71 bits per heavy atom. The van der Waals surface area contributed by atoms with Crippen molar-refractivity contribution in [2.75, 3.05) is 0 Å². The van der Waals surface area contributed by atoms with Crippen LogP contribution in [0.15, 0.2) is 0 Å². The molecule has 4 nitrogen and oxygen atoms in total. The van der Waals surface area contributed by atoms with E-state index in [0.717, 1.165) is 0 Å². The molecule has 0 heterocycles. The van der Waals surface area contributed by atoms with Gasteiger partial charge in [0.2, 0.25) is 0 Å². The molecule has 0 amide bonds. The molecule has 50 valence electrons. The SMILES string of the molecule is Cl.O=S(=O)(O)[O][Cu]. The summed E-state index contributed by atoms with van der Waals surface area (Å²) in [6.07, 6.45) is 0. The molecule has 0 rings (SSSR count). The van der Waals surface area contributed by atoms with Crippen LogP contribution < -0.4 is 0 Å². The summed E-state index contributed by atoms with van der Waals surface area (Å²) < 4.78 is 28.9. The maximum absolute atomic E-state index is 9.22. The zero-order valence-corrected chi connectivity index (χ0v) is 5.36. The normalized spacial score (nSPS) is 10.1. The molecule has 0 fully saturated rings. The Labute approximate surface area is 55.7 Å². The second kappa shape index (κ2) is 3.65. The quantitative estimate of drug-likeness (QED) is 0.462. The standard InChI is InChI=1S/ClH.Cu.H2O4S/c;;1-5(2,3)4/h1H;;(H2,1,2,3,4)/q;+1;/p-1. The third-order valence-corrected chi connectivity index (χ3v) is 0.785. The van der Waals surface area contributed by atoms with E-state index in [0.29, 0.717) is 0 Å². The second-order valence-electron chi connectivity index (χ2n) is 0.478. The summed E-state index contributed by atoms with van der Waals surface area (Å²) in [6.45, 7) is 0. The van der Waals surface area contributed by atoms with Crippen LogP contribution in [0.25, 0.3) is 0 Å². The third-order valence-electron chi connectivity index (χ3n) is 0.0635. The Balaban J connectivity index is 0. The first kappa shape index (κ1) is 10.6. The van der Waals surface area contributed by atoms with Gasteiger partial charge in [-0.15, -0.1) is 12.4 Å². The molecular formula is H2ClCuO4S. The van der Waals surface area contributed by atoms with E-state index < -0.39 is 10.4 Å². The molecule has 0 radical (unpaired) electrons. The Morgan fingerprint density at radius 3 is 1.71 bits per heavy atom. The van der Waals surface area contributed by atoms with Crippen molar-refractivity contribution < 1.29 is 32.6 Å². The molecule has 1 N–H and O–H groups in total. The topological polar surface area (TPSA) is 63.6 Å². The van der Waals surface area contributed by atoms with Gasteiger partial charge in [0.15, 0.2) is 0 Å². The Bertz CT molecular complexity index is 114. The summed E-state index contributed by atoms with van der Waals surface area (Å²) in [7, 11) is -4.36. The van der Waals surface area contributed by atoms with Crippen LogP contribution in [0, 0.1) is 0 Å². The van der Waals surface area contributed by atoms with Crippen molar-refractivity contribution in [3.8, 4) is 0 Å². The summed E-state index contributed by atoms with van der Waals surface area (Å²) in [4.78, 5) is 0. The van der Waals surface area contributed by atoms with Gasteiger partial charge in [-0.2, -0.15) is 0 Å². The van der Waals surface area contributed by atoms with Crippen molar-refractivity contribution in [3.05, 3.63) is 0 Å². The van der Waals surface area contributed by atoms with Crippen LogP contribution in [0.4, 0.5) is 0 Å². The van der Waals surface area contributed by atoms with E-state index in [1.807, 2.05) is 0 Å². The van der Waals surface area contributed by atoms with Crippen LogP contribution in [0.1, 0.15) is 0 Å². The van der Waals surface area contributed by atoms with E-state index in [4.69, 9.17) is 4.55 Å². The zero-order chi connectivity index (χ0) is 5.21. The van der Waals surface area contributed by atoms with Gasteiger partial charge in [-0.25, -0.2) is 0 Å². The Kier molecular flexibility index (Phi) is 5.54. The number of halogens is 1. The molecular weight excluding hydrogens is 195 g/mol. The van der Waals surface area contributed by atoms with E-state index in [2.05, 4.69) is 19.6 Å². The molecule has 0 aliphatic rings.